The molecule has 0 bridgehead atoms. The summed E-state index contributed by atoms with van der Waals surface area (Å²) >= 11 is 0. The van der Waals surface area contributed by atoms with E-state index in [0.29, 0.717) is 11.8 Å². The van der Waals surface area contributed by atoms with Crippen LogP contribution in [0.2, 0.25) is 0 Å². The summed E-state index contributed by atoms with van der Waals surface area (Å²) in [5.74, 6) is 1.53. The molecule has 0 aliphatic carbocycles. The first-order chi connectivity index (χ1) is 15.0. The lowest BCUT2D eigenvalue weighted by Crippen LogP contribution is -2.41. The molecular formula is C22H27N7O2. The minimum atomic E-state index is 0.0210. The monoisotopic (exact) mass is 421 g/mol. The number of methoxy groups -OCH3 is 1. The highest BCUT2D eigenvalue weighted by molar-refractivity contribution is 5.75. The predicted octanol–water partition coefficient (Wildman–Crippen LogP) is 2.23. The summed E-state index contributed by atoms with van der Waals surface area (Å²) in [6, 6.07) is 10.3. The molecule has 0 radical (unpaired) electrons. The molecule has 0 N–H and O–H groups in total. The van der Waals surface area contributed by atoms with E-state index in [4.69, 9.17) is 4.74 Å². The lowest BCUT2D eigenvalue weighted by molar-refractivity contribution is 0.159. The van der Waals surface area contributed by atoms with Gasteiger partial charge < -0.3 is 19.4 Å². The SMILES string of the molecule is COc1ccc([C@H]2[C@@H]3CN(c4cc(C)nn5cnnc45)C[C@@H]3CN2C(=O)N(C)C)cc1. The number of hydrogen-bond acceptors (Lipinski definition) is 6. The second kappa shape index (κ2) is 7.40. The van der Waals surface area contributed by atoms with Gasteiger partial charge in [0.25, 0.3) is 0 Å². The Hall–Kier alpha value is -3.36. The zero-order valence-electron chi connectivity index (χ0n) is 18.3. The molecule has 9 nitrogen and oxygen atoms in total. The predicted molar refractivity (Wildman–Crippen MR) is 116 cm³/mol. The third kappa shape index (κ3) is 3.24. The molecule has 1 aromatic carbocycles. The summed E-state index contributed by atoms with van der Waals surface area (Å²) in [6.07, 6.45) is 1.64. The van der Waals surface area contributed by atoms with Gasteiger partial charge in [0.15, 0.2) is 0 Å². The summed E-state index contributed by atoms with van der Waals surface area (Å²) in [6.45, 7) is 4.45. The van der Waals surface area contributed by atoms with E-state index in [1.54, 1.807) is 22.9 Å². The minimum Gasteiger partial charge on any atom is -0.497 e. The summed E-state index contributed by atoms with van der Waals surface area (Å²) in [4.78, 5) is 19.1. The van der Waals surface area contributed by atoms with Gasteiger partial charge >= 0.3 is 6.03 Å². The van der Waals surface area contributed by atoms with Gasteiger partial charge in [0, 0.05) is 45.6 Å². The Labute approximate surface area is 181 Å². The number of carbonyl (C=O) groups is 1. The molecule has 2 fully saturated rings. The van der Waals surface area contributed by atoms with Crippen molar-refractivity contribution in [2.24, 2.45) is 11.8 Å². The zero-order chi connectivity index (χ0) is 21.7. The summed E-state index contributed by atoms with van der Waals surface area (Å²) < 4.78 is 7.07. The molecule has 4 heterocycles. The van der Waals surface area contributed by atoms with E-state index < -0.39 is 0 Å². The number of aryl methyl sites for hydroxylation is 1. The molecule has 0 spiro atoms. The van der Waals surface area contributed by atoms with Crippen molar-refractivity contribution in [3.8, 4) is 5.75 Å². The molecule has 0 unspecified atom stereocenters. The molecule has 2 aromatic heterocycles. The third-order valence-electron chi connectivity index (χ3n) is 6.46. The van der Waals surface area contributed by atoms with Crippen molar-refractivity contribution in [2.75, 3.05) is 45.7 Å². The number of ether oxygens (including phenoxy) is 1. The number of likely N-dealkylation sites (tertiary alicyclic amines) is 1. The number of benzene rings is 1. The summed E-state index contributed by atoms with van der Waals surface area (Å²) in [7, 11) is 5.30. The van der Waals surface area contributed by atoms with Gasteiger partial charge in [0.2, 0.25) is 5.65 Å². The lowest BCUT2D eigenvalue weighted by atomic mass is 9.89. The second-order valence-electron chi connectivity index (χ2n) is 8.65. The van der Waals surface area contributed by atoms with Crippen LogP contribution in [0.15, 0.2) is 36.7 Å². The van der Waals surface area contributed by atoms with Crippen LogP contribution in [-0.4, -0.2) is 76.5 Å². The standard InChI is InChI=1S/C22H27N7O2/c1-14-9-19(21-24-23-13-29(21)25-14)27-10-16-11-28(22(30)26(2)3)20(18(16)12-27)15-5-7-17(31-4)8-6-15/h5-9,13,16,18,20H,10-12H2,1-4H3/t16-,18-,20+/m1/s1. The normalized spacial score (nSPS) is 22.8. The van der Waals surface area contributed by atoms with Crippen molar-refractivity contribution in [3.05, 3.63) is 47.9 Å². The first-order valence-electron chi connectivity index (χ1n) is 10.5. The van der Waals surface area contributed by atoms with Crippen LogP contribution in [-0.2, 0) is 0 Å². The number of rotatable bonds is 3. The number of amides is 2. The molecule has 3 aromatic rings. The Balaban J connectivity index is 1.49. The highest BCUT2D eigenvalue weighted by Gasteiger charge is 2.49. The number of nitrogens with zero attached hydrogens (tertiary/aromatic N) is 7. The third-order valence-corrected chi connectivity index (χ3v) is 6.46. The molecule has 2 saturated heterocycles. The summed E-state index contributed by atoms with van der Waals surface area (Å²) in [5, 5.41) is 12.8. The molecule has 3 atom stereocenters. The van der Waals surface area contributed by atoms with Crippen LogP contribution in [0, 0.1) is 18.8 Å². The molecule has 162 valence electrons. The number of aromatic nitrogens is 4. The van der Waals surface area contributed by atoms with E-state index >= 15 is 0 Å². The average molecular weight is 422 g/mol. The van der Waals surface area contributed by atoms with Gasteiger partial charge in [-0.3, -0.25) is 0 Å². The number of urea groups is 1. The molecule has 9 heteroatoms. The Morgan fingerprint density at radius 3 is 2.65 bits per heavy atom. The minimum absolute atomic E-state index is 0.0210. The van der Waals surface area contributed by atoms with Crippen molar-refractivity contribution in [1.82, 2.24) is 29.6 Å². The fourth-order valence-electron chi connectivity index (χ4n) is 5.09. The molecule has 2 aliphatic rings. The molecular weight excluding hydrogens is 394 g/mol. The van der Waals surface area contributed by atoms with E-state index in [1.165, 1.54) is 0 Å². The van der Waals surface area contributed by atoms with Gasteiger partial charge in [-0.1, -0.05) is 12.1 Å². The second-order valence-corrected chi connectivity index (χ2v) is 8.65. The molecule has 2 aliphatic heterocycles. The Morgan fingerprint density at radius 2 is 1.94 bits per heavy atom. The number of fused-ring (bicyclic) bond motifs is 2. The fourth-order valence-corrected chi connectivity index (χ4v) is 5.09. The zero-order valence-corrected chi connectivity index (χ0v) is 18.3. The van der Waals surface area contributed by atoms with Crippen molar-refractivity contribution >= 4 is 17.4 Å². The van der Waals surface area contributed by atoms with Crippen LogP contribution < -0.4 is 9.64 Å². The highest BCUT2D eigenvalue weighted by Crippen LogP contribution is 2.46. The van der Waals surface area contributed by atoms with Crippen molar-refractivity contribution < 1.29 is 9.53 Å². The number of carbonyl (C=O) groups excluding carboxylic acids is 1. The van der Waals surface area contributed by atoms with E-state index in [0.717, 1.165) is 48.0 Å². The van der Waals surface area contributed by atoms with Crippen molar-refractivity contribution in [2.45, 2.75) is 13.0 Å². The van der Waals surface area contributed by atoms with Gasteiger partial charge in [0.05, 0.1) is 24.5 Å². The Morgan fingerprint density at radius 1 is 1.16 bits per heavy atom. The van der Waals surface area contributed by atoms with Crippen molar-refractivity contribution in [3.63, 3.8) is 0 Å². The number of hydrogen-bond donors (Lipinski definition) is 0. The van der Waals surface area contributed by atoms with Gasteiger partial charge in [-0.15, -0.1) is 10.2 Å². The van der Waals surface area contributed by atoms with E-state index in [1.807, 2.05) is 38.1 Å². The van der Waals surface area contributed by atoms with E-state index in [-0.39, 0.29) is 12.1 Å². The largest absolute Gasteiger partial charge is 0.497 e. The molecule has 5 rings (SSSR count). The van der Waals surface area contributed by atoms with Crippen LogP contribution in [0.5, 0.6) is 5.75 Å². The van der Waals surface area contributed by atoms with Crippen LogP contribution >= 0.6 is 0 Å². The average Bonchev–Trinajstić information content (AvgIpc) is 3.46. The van der Waals surface area contributed by atoms with Crippen LogP contribution in [0.1, 0.15) is 17.3 Å². The van der Waals surface area contributed by atoms with Crippen molar-refractivity contribution in [1.29, 1.82) is 0 Å². The highest BCUT2D eigenvalue weighted by atomic mass is 16.5. The van der Waals surface area contributed by atoms with Gasteiger partial charge in [0.1, 0.15) is 12.1 Å². The van der Waals surface area contributed by atoms with E-state index in [2.05, 4.69) is 38.4 Å². The first kappa shape index (κ1) is 19.6. The fraction of sp³-hybridized carbons (Fsp3) is 0.455. The van der Waals surface area contributed by atoms with Gasteiger partial charge in [-0.2, -0.15) is 9.61 Å². The lowest BCUT2D eigenvalue weighted by Gasteiger charge is -2.32. The molecule has 31 heavy (non-hydrogen) atoms. The molecule has 0 saturated carbocycles. The van der Waals surface area contributed by atoms with Crippen LogP contribution in [0.25, 0.3) is 5.65 Å². The maximum absolute atomic E-state index is 13.0. The maximum Gasteiger partial charge on any atom is 0.320 e. The smallest absolute Gasteiger partial charge is 0.320 e. The van der Waals surface area contributed by atoms with Crippen LogP contribution in [0.4, 0.5) is 10.5 Å². The quantitative estimate of drug-likeness (QED) is 0.645. The van der Waals surface area contributed by atoms with E-state index in [9.17, 15) is 4.79 Å². The van der Waals surface area contributed by atoms with Gasteiger partial charge in [-0.25, -0.2) is 4.79 Å². The maximum atomic E-state index is 13.0. The number of anilines is 1. The molecule has 2 amide bonds. The Bertz CT molecular complexity index is 1110. The Kier molecular flexibility index (Phi) is 4.68. The van der Waals surface area contributed by atoms with Gasteiger partial charge in [-0.05, 0) is 30.7 Å². The summed E-state index contributed by atoms with van der Waals surface area (Å²) in [5.41, 5.74) is 3.89. The topological polar surface area (TPSA) is 79.1 Å². The van der Waals surface area contributed by atoms with Crippen LogP contribution in [0.3, 0.4) is 0 Å². The first-order valence-corrected chi connectivity index (χ1v) is 10.5.